The van der Waals surface area contributed by atoms with Crippen LogP contribution in [0.2, 0.25) is 0 Å². The van der Waals surface area contributed by atoms with Gasteiger partial charge in [0.1, 0.15) is 11.6 Å². The van der Waals surface area contributed by atoms with Crippen molar-refractivity contribution in [3.63, 3.8) is 0 Å². The van der Waals surface area contributed by atoms with Crippen molar-refractivity contribution in [2.75, 3.05) is 31.6 Å². The number of likely N-dealkylation sites (tertiary alicyclic amines) is 1. The third-order valence-corrected chi connectivity index (χ3v) is 6.02. The summed E-state index contributed by atoms with van der Waals surface area (Å²) < 4.78 is 27.5. The number of hydrazone groups is 1. The largest absolute Gasteiger partial charge is 0.337 e. The number of unbranched alkanes of at least 4 members (excludes halogenated alkanes) is 2. The molecule has 2 unspecified atom stereocenters. The first-order valence-electron chi connectivity index (χ1n) is 10.4. The second-order valence-corrected chi connectivity index (χ2v) is 7.84. The number of piperidine rings is 1. The van der Waals surface area contributed by atoms with E-state index in [2.05, 4.69) is 20.3 Å². The van der Waals surface area contributed by atoms with E-state index < -0.39 is 0 Å². The number of hydrogen-bond donors (Lipinski definition) is 1. The first-order chi connectivity index (χ1) is 14.2. The molecule has 2 aliphatic rings. The third kappa shape index (κ3) is 4.27. The minimum Gasteiger partial charge on any atom is -0.337 e. The van der Waals surface area contributed by atoms with Crippen LogP contribution in [0.4, 0.5) is 20.2 Å². The highest BCUT2D eigenvalue weighted by molar-refractivity contribution is 5.73. The zero-order chi connectivity index (χ0) is 20.2. The van der Waals surface area contributed by atoms with E-state index in [9.17, 15) is 8.78 Å². The minimum atomic E-state index is -0.238. The first kappa shape index (κ1) is 19.8. The van der Waals surface area contributed by atoms with Crippen molar-refractivity contribution >= 4 is 17.6 Å². The summed E-state index contributed by atoms with van der Waals surface area (Å²) in [5.74, 6) is -0.159. The van der Waals surface area contributed by atoms with Gasteiger partial charge in [0.2, 0.25) is 0 Å². The molecule has 1 saturated heterocycles. The van der Waals surface area contributed by atoms with Gasteiger partial charge in [-0.3, -0.25) is 0 Å². The Labute approximate surface area is 171 Å². The summed E-state index contributed by atoms with van der Waals surface area (Å²) in [6.07, 6.45) is 6.16. The smallest absolute Gasteiger partial charge is 0.123 e. The fraction of sp³-hybridized carbons (Fsp3) is 0.435. The molecule has 4 rings (SSSR count). The Kier molecular flexibility index (Phi) is 6.09. The van der Waals surface area contributed by atoms with Gasteiger partial charge in [0.05, 0.1) is 0 Å². The maximum absolute atomic E-state index is 14.1. The zero-order valence-electron chi connectivity index (χ0n) is 16.8. The van der Waals surface area contributed by atoms with E-state index in [1.54, 1.807) is 13.1 Å². The van der Waals surface area contributed by atoms with Gasteiger partial charge in [-0.25, -0.2) is 8.78 Å². The van der Waals surface area contributed by atoms with Crippen LogP contribution in [0.3, 0.4) is 0 Å². The molecule has 154 valence electrons. The van der Waals surface area contributed by atoms with Crippen molar-refractivity contribution in [2.24, 2.45) is 5.10 Å². The summed E-state index contributed by atoms with van der Waals surface area (Å²) in [5.41, 5.74) is 5.87. The van der Waals surface area contributed by atoms with Crippen molar-refractivity contribution in [1.29, 1.82) is 0 Å². The van der Waals surface area contributed by atoms with E-state index in [0.29, 0.717) is 0 Å². The van der Waals surface area contributed by atoms with Gasteiger partial charge in [-0.05, 0) is 80.3 Å². The van der Waals surface area contributed by atoms with Gasteiger partial charge in [0.15, 0.2) is 0 Å². The molecule has 2 atom stereocenters. The highest BCUT2D eigenvalue weighted by Crippen LogP contribution is 2.48. The molecule has 1 fully saturated rings. The van der Waals surface area contributed by atoms with Crippen molar-refractivity contribution in [3.8, 4) is 0 Å². The maximum Gasteiger partial charge on any atom is 0.123 e. The zero-order valence-corrected chi connectivity index (χ0v) is 16.8. The second kappa shape index (κ2) is 8.91. The summed E-state index contributed by atoms with van der Waals surface area (Å²) in [4.78, 5) is 4.78. The molecule has 2 aliphatic heterocycles. The molecule has 6 heteroatoms. The Morgan fingerprint density at radius 1 is 1.10 bits per heavy atom. The minimum absolute atomic E-state index is 0.190. The Bertz CT molecular complexity index is 852. The number of anilines is 2. The van der Waals surface area contributed by atoms with Crippen LogP contribution in [-0.2, 0) is 0 Å². The molecule has 0 aliphatic carbocycles. The van der Waals surface area contributed by atoms with Crippen molar-refractivity contribution < 1.29 is 8.78 Å². The van der Waals surface area contributed by atoms with Crippen LogP contribution in [0, 0.1) is 11.6 Å². The molecule has 1 N–H and O–H groups in total. The average molecular weight is 399 g/mol. The molecule has 0 radical (unpaired) electrons. The van der Waals surface area contributed by atoms with E-state index >= 15 is 0 Å². The topological polar surface area (TPSA) is 30.9 Å². The molecule has 29 heavy (non-hydrogen) atoms. The number of rotatable bonds is 7. The van der Waals surface area contributed by atoms with Gasteiger partial charge < -0.3 is 15.2 Å². The van der Waals surface area contributed by atoms with E-state index in [4.69, 9.17) is 0 Å². The number of hydrogen-bond acceptors (Lipinski definition) is 4. The number of nitrogens with zero attached hydrogens (tertiary/aromatic N) is 3. The summed E-state index contributed by atoms with van der Waals surface area (Å²) in [7, 11) is 1.80. The SMILES string of the molecule is CNN=CCCCCN1CCC2C(C1)c1cc(F)ccc1N2c1ccc(F)cc1. The van der Waals surface area contributed by atoms with Crippen molar-refractivity contribution in [1.82, 2.24) is 10.3 Å². The molecule has 4 nitrogen and oxygen atoms in total. The van der Waals surface area contributed by atoms with Gasteiger partial charge in [-0.15, -0.1) is 0 Å². The standard InChI is InChI=1S/C23H28F2N4/c1-26-27-12-3-2-4-13-28-14-11-23-21(16-28)20-15-18(25)7-10-22(20)29(23)19-8-5-17(24)6-9-19/h5-10,12,15,21,23,26H,2-4,11,13-14,16H2,1H3. The van der Waals surface area contributed by atoms with Gasteiger partial charge in [0.25, 0.3) is 0 Å². The lowest BCUT2D eigenvalue weighted by Gasteiger charge is -2.39. The van der Waals surface area contributed by atoms with Crippen LogP contribution >= 0.6 is 0 Å². The summed E-state index contributed by atoms with van der Waals surface area (Å²) in [6.45, 7) is 3.02. The first-order valence-corrected chi connectivity index (χ1v) is 10.4. The van der Waals surface area contributed by atoms with E-state index in [1.807, 2.05) is 24.4 Å². The monoisotopic (exact) mass is 398 g/mol. The summed E-state index contributed by atoms with van der Waals surface area (Å²) in [6, 6.07) is 12.0. The Balaban J connectivity index is 1.49. The Morgan fingerprint density at radius 3 is 2.69 bits per heavy atom. The van der Waals surface area contributed by atoms with Gasteiger partial charge in [-0.1, -0.05) is 0 Å². The molecular weight excluding hydrogens is 370 g/mol. The summed E-state index contributed by atoms with van der Waals surface area (Å²) >= 11 is 0. The van der Waals surface area contributed by atoms with Crippen molar-refractivity contribution in [3.05, 3.63) is 59.7 Å². The van der Waals surface area contributed by atoms with Crippen molar-refractivity contribution in [2.45, 2.75) is 37.6 Å². The fourth-order valence-electron chi connectivity index (χ4n) is 4.70. The Hall–Kier alpha value is -2.47. The Morgan fingerprint density at radius 2 is 1.90 bits per heavy atom. The highest BCUT2D eigenvalue weighted by Gasteiger charge is 2.42. The van der Waals surface area contributed by atoms with Crippen LogP contribution in [0.25, 0.3) is 0 Å². The number of halogens is 2. The number of nitrogens with one attached hydrogen (secondary N) is 1. The maximum atomic E-state index is 14.1. The number of fused-ring (bicyclic) bond motifs is 3. The van der Waals surface area contributed by atoms with E-state index in [-0.39, 0.29) is 23.6 Å². The molecule has 0 spiro atoms. The van der Waals surface area contributed by atoms with E-state index in [1.165, 1.54) is 18.2 Å². The molecule has 0 aromatic heterocycles. The fourth-order valence-corrected chi connectivity index (χ4v) is 4.70. The molecule has 2 aromatic carbocycles. The quantitative estimate of drug-likeness (QED) is 0.418. The van der Waals surface area contributed by atoms with Gasteiger partial charge in [-0.2, -0.15) is 5.10 Å². The van der Waals surface area contributed by atoms with Crippen LogP contribution < -0.4 is 10.3 Å². The molecule has 2 aromatic rings. The van der Waals surface area contributed by atoms with Crippen LogP contribution in [0.15, 0.2) is 47.6 Å². The molecule has 2 heterocycles. The summed E-state index contributed by atoms with van der Waals surface area (Å²) in [5, 5.41) is 4.02. The second-order valence-electron chi connectivity index (χ2n) is 7.84. The van der Waals surface area contributed by atoms with Gasteiger partial charge in [0, 0.05) is 49.7 Å². The normalized spacial score (nSPS) is 21.4. The highest BCUT2D eigenvalue weighted by atomic mass is 19.1. The van der Waals surface area contributed by atoms with Gasteiger partial charge >= 0.3 is 0 Å². The van der Waals surface area contributed by atoms with E-state index in [0.717, 1.165) is 62.3 Å². The lowest BCUT2D eigenvalue weighted by molar-refractivity contribution is 0.194. The predicted molar refractivity (Wildman–Crippen MR) is 114 cm³/mol. The molecular formula is C23H28F2N4. The average Bonchev–Trinajstić information content (AvgIpc) is 3.04. The van der Waals surface area contributed by atoms with Crippen LogP contribution in [0.5, 0.6) is 0 Å². The lowest BCUT2D eigenvalue weighted by Crippen LogP contribution is -2.45. The molecule has 0 saturated carbocycles. The van der Waals surface area contributed by atoms with Crippen LogP contribution in [0.1, 0.15) is 37.2 Å². The van der Waals surface area contributed by atoms with Crippen LogP contribution in [-0.4, -0.2) is 43.8 Å². The molecule has 0 amide bonds. The third-order valence-electron chi connectivity index (χ3n) is 6.02. The number of benzene rings is 2. The predicted octanol–water partition coefficient (Wildman–Crippen LogP) is 4.65. The lowest BCUT2D eigenvalue weighted by atomic mass is 9.89. The molecule has 0 bridgehead atoms.